The quantitative estimate of drug-likeness (QED) is 0.270. The lowest BCUT2D eigenvalue weighted by Crippen LogP contribution is -2.25. The molecule has 0 fully saturated rings. The molecule has 0 atom stereocenters. The molecule has 1 N–H and O–H groups in total. The van der Waals surface area contributed by atoms with Crippen LogP contribution in [0.2, 0.25) is 0 Å². The normalized spacial score (nSPS) is 13.9. The van der Waals surface area contributed by atoms with Crippen LogP contribution in [0.3, 0.4) is 0 Å². The number of aromatic nitrogens is 1. The Balaban J connectivity index is 1.41. The van der Waals surface area contributed by atoms with Crippen molar-refractivity contribution in [3.05, 3.63) is 126 Å². The molecule has 1 aromatic heterocycles. The lowest BCUT2D eigenvalue weighted by molar-refractivity contribution is 0.638. The molecular weight excluding hydrogens is 436 g/mol. The van der Waals surface area contributed by atoms with E-state index in [2.05, 4.69) is 140 Å². The predicted octanol–water partition coefficient (Wildman–Crippen LogP) is 9.14. The number of anilines is 2. The highest BCUT2D eigenvalue weighted by molar-refractivity contribution is 6.10. The van der Waals surface area contributed by atoms with Gasteiger partial charge in [0.15, 0.2) is 0 Å². The van der Waals surface area contributed by atoms with Crippen molar-refractivity contribution in [2.24, 2.45) is 0 Å². The van der Waals surface area contributed by atoms with Crippen LogP contribution < -0.4 is 5.32 Å². The van der Waals surface area contributed by atoms with Crippen LogP contribution in [0, 0.1) is 6.92 Å². The third-order valence-electron chi connectivity index (χ3n) is 7.83. The molecule has 6 aromatic rings. The summed E-state index contributed by atoms with van der Waals surface area (Å²) in [5, 5.41) is 6.28. The summed E-state index contributed by atoms with van der Waals surface area (Å²) in [5.41, 5.74) is 12.4. The molecule has 0 spiro atoms. The largest absolute Gasteiger partial charge is 0.355 e. The second-order valence-corrected chi connectivity index (χ2v) is 10.5. The van der Waals surface area contributed by atoms with Gasteiger partial charge in [0.05, 0.1) is 11.0 Å². The van der Waals surface area contributed by atoms with E-state index in [4.69, 9.17) is 0 Å². The SMILES string of the molecule is Cc1ccc2c(c1)c1cc(-c3ccc4c(c3)Nc3ccccc3C4(C)C)ccc1n2-c1ccccc1. The molecular formula is C34H28N2. The molecule has 1 aliphatic heterocycles. The zero-order chi connectivity index (χ0) is 24.4. The topological polar surface area (TPSA) is 17.0 Å². The minimum Gasteiger partial charge on any atom is -0.355 e. The molecule has 1 aliphatic rings. The van der Waals surface area contributed by atoms with Crippen LogP contribution in [0.1, 0.15) is 30.5 Å². The van der Waals surface area contributed by atoms with Crippen molar-refractivity contribution in [3.8, 4) is 16.8 Å². The van der Waals surface area contributed by atoms with Crippen molar-refractivity contribution in [1.82, 2.24) is 4.57 Å². The van der Waals surface area contributed by atoms with Gasteiger partial charge in [0.2, 0.25) is 0 Å². The Morgan fingerprint density at radius 3 is 2.06 bits per heavy atom. The first kappa shape index (κ1) is 21.0. The first-order valence-corrected chi connectivity index (χ1v) is 12.6. The molecule has 0 amide bonds. The van der Waals surface area contributed by atoms with Crippen molar-refractivity contribution in [2.75, 3.05) is 5.32 Å². The van der Waals surface area contributed by atoms with Gasteiger partial charge in [-0.2, -0.15) is 0 Å². The van der Waals surface area contributed by atoms with Gasteiger partial charge < -0.3 is 9.88 Å². The van der Waals surface area contributed by atoms with Crippen LogP contribution in [0.5, 0.6) is 0 Å². The Morgan fingerprint density at radius 1 is 0.583 bits per heavy atom. The monoisotopic (exact) mass is 464 g/mol. The smallest absolute Gasteiger partial charge is 0.0541 e. The average Bonchev–Trinajstić information content (AvgIpc) is 3.22. The van der Waals surface area contributed by atoms with Gasteiger partial charge in [-0.25, -0.2) is 0 Å². The molecule has 5 aromatic carbocycles. The van der Waals surface area contributed by atoms with E-state index < -0.39 is 0 Å². The maximum Gasteiger partial charge on any atom is 0.0541 e. The minimum absolute atomic E-state index is 0.0414. The first-order valence-electron chi connectivity index (χ1n) is 12.6. The van der Waals surface area contributed by atoms with E-state index >= 15 is 0 Å². The van der Waals surface area contributed by atoms with Gasteiger partial charge in [-0.1, -0.05) is 80.1 Å². The maximum atomic E-state index is 3.70. The Hall–Kier alpha value is -4.30. The summed E-state index contributed by atoms with van der Waals surface area (Å²) in [5.74, 6) is 0. The minimum atomic E-state index is -0.0414. The zero-order valence-corrected chi connectivity index (χ0v) is 20.8. The van der Waals surface area contributed by atoms with Crippen molar-refractivity contribution in [3.63, 3.8) is 0 Å². The van der Waals surface area contributed by atoms with E-state index in [1.807, 2.05) is 0 Å². The maximum absolute atomic E-state index is 3.70. The number of fused-ring (bicyclic) bond motifs is 5. The number of benzene rings is 5. The highest BCUT2D eigenvalue weighted by Gasteiger charge is 2.32. The van der Waals surface area contributed by atoms with Crippen molar-refractivity contribution in [2.45, 2.75) is 26.2 Å². The molecule has 2 heterocycles. The molecule has 0 unspecified atom stereocenters. The number of para-hydroxylation sites is 2. The van der Waals surface area contributed by atoms with Crippen LogP contribution in [0.25, 0.3) is 38.6 Å². The molecule has 7 rings (SSSR count). The molecule has 0 saturated heterocycles. The van der Waals surface area contributed by atoms with Gasteiger partial charge in [-0.3, -0.25) is 0 Å². The van der Waals surface area contributed by atoms with Gasteiger partial charge in [0.1, 0.15) is 0 Å². The standard InChI is InChI=1S/C34H28N2/c1-22-13-17-32-26(19-22)27-20-23(15-18-33(27)36(32)25-9-5-4-6-10-25)24-14-16-29-31(21-24)35-30-12-8-7-11-28(30)34(29,2)3/h4-21,35H,1-3H3. The summed E-state index contributed by atoms with van der Waals surface area (Å²) in [7, 11) is 0. The molecule has 2 heteroatoms. The van der Waals surface area contributed by atoms with E-state index in [1.54, 1.807) is 0 Å². The van der Waals surface area contributed by atoms with E-state index in [-0.39, 0.29) is 5.41 Å². The number of hydrogen-bond donors (Lipinski definition) is 1. The summed E-state index contributed by atoms with van der Waals surface area (Å²) < 4.78 is 2.38. The molecule has 2 nitrogen and oxygen atoms in total. The van der Waals surface area contributed by atoms with E-state index in [0.29, 0.717) is 0 Å². The predicted molar refractivity (Wildman–Crippen MR) is 153 cm³/mol. The van der Waals surface area contributed by atoms with E-state index in [9.17, 15) is 0 Å². The van der Waals surface area contributed by atoms with Crippen LogP contribution in [0.4, 0.5) is 11.4 Å². The number of nitrogens with one attached hydrogen (secondary N) is 1. The Bertz CT molecular complexity index is 1790. The van der Waals surface area contributed by atoms with Gasteiger partial charge >= 0.3 is 0 Å². The molecule has 174 valence electrons. The molecule has 0 aliphatic carbocycles. The fourth-order valence-corrected chi connectivity index (χ4v) is 5.97. The van der Waals surface area contributed by atoms with E-state index in [0.717, 1.165) is 0 Å². The average molecular weight is 465 g/mol. The van der Waals surface area contributed by atoms with Gasteiger partial charge in [-0.05, 0) is 77.7 Å². The number of hydrogen-bond acceptors (Lipinski definition) is 1. The van der Waals surface area contributed by atoms with Crippen LogP contribution in [-0.4, -0.2) is 4.57 Å². The van der Waals surface area contributed by atoms with Gasteiger partial charge in [-0.15, -0.1) is 0 Å². The lowest BCUT2D eigenvalue weighted by Gasteiger charge is -2.36. The fraction of sp³-hybridized carbons (Fsp3) is 0.118. The zero-order valence-electron chi connectivity index (χ0n) is 20.8. The summed E-state index contributed by atoms with van der Waals surface area (Å²) >= 11 is 0. The van der Waals surface area contributed by atoms with Crippen LogP contribution >= 0.6 is 0 Å². The second kappa shape index (κ2) is 7.60. The number of nitrogens with zero attached hydrogens (tertiary/aromatic N) is 1. The highest BCUT2D eigenvalue weighted by atomic mass is 15.0. The summed E-state index contributed by atoms with van der Waals surface area (Å²) in [4.78, 5) is 0. The molecule has 36 heavy (non-hydrogen) atoms. The van der Waals surface area contributed by atoms with Crippen molar-refractivity contribution >= 4 is 33.2 Å². The van der Waals surface area contributed by atoms with Crippen molar-refractivity contribution < 1.29 is 0 Å². The summed E-state index contributed by atoms with van der Waals surface area (Å²) in [6.07, 6.45) is 0. The highest BCUT2D eigenvalue weighted by Crippen LogP contribution is 2.46. The number of aryl methyl sites for hydroxylation is 1. The van der Waals surface area contributed by atoms with E-state index in [1.165, 1.54) is 66.7 Å². The third kappa shape index (κ3) is 3.04. The third-order valence-corrected chi connectivity index (χ3v) is 7.83. The first-order chi connectivity index (χ1) is 17.5. The Morgan fingerprint density at radius 2 is 1.22 bits per heavy atom. The Labute approximate surface area is 211 Å². The molecule has 0 radical (unpaired) electrons. The summed E-state index contributed by atoms with van der Waals surface area (Å²) in [6, 6.07) is 39.9. The van der Waals surface area contributed by atoms with Gasteiger partial charge in [0, 0.05) is 33.2 Å². The van der Waals surface area contributed by atoms with Crippen LogP contribution in [0.15, 0.2) is 109 Å². The summed E-state index contributed by atoms with van der Waals surface area (Å²) in [6.45, 7) is 6.81. The molecule has 0 bridgehead atoms. The number of rotatable bonds is 2. The van der Waals surface area contributed by atoms with Crippen molar-refractivity contribution in [1.29, 1.82) is 0 Å². The Kier molecular flexibility index (Phi) is 4.44. The lowest BCUT2D eigenvalue weighted by atomic mass is 9.74. The van der Waals surface area contributed by atoms with Crippen LogP contribution in [-0.2, 0) is 5.41 Å². The second-order valence-electron chi connectivity index (χ2n) is 10.5. The fourth-order valence-electron chi connectivity index (χ4n) is 5.97. The molecule has 0 saturated carbocycles. The van der Waals surface area contributed by atoms with Gasteiger partial charge in [0.25, 0.3) is 0 Å².